The fourth-order valence-corrected chi connectivity index (χ4v) is 6.14. The zero-order valence-corrected chi connectivity index (χ0v) is 19.2. The van der Waals surface area contributed by atoms with Crippen molar-refractivity contribution in [3.63, 3.8) is 0 Å². The molecule has 31 heavy (non-hydrogen) atoms. The van der Waals surface area contributed by atoms with E-state index in [1.807, 2.05) is 4.68 Å². The number of piperidine rings is 2. The summed E-state index contributed by atoms with van der Waals surface area (Å²) in [4.78, 5) is 18.5. The number of methoxy groups -OCH3 is 1. The molecule has 0 radical (unpaired) electrons. The van der Waals surface area contributed by atoms with Crippen molar-refractivity contribution in [3.05, 3.63) is 6.33 Å². The first-order chi connectivity index (χ1) is 15.2. The van der Waals surface area contributed by atoms with Crippen LogP contribution in [0.1, 0.15) is 64.2 Å². The van der Waals surface area contributed by atoms with E-state index in [9.17, 15) is 4.79 Å². The summed E-state index contributed by atoms with van der Waals surface area (Å²) in [5.41, 5.74) is 0. The Morgan fingerprint density at radius 1 is 1.10 bits per heavy atom. The van der Waals surface area contributed by atoms with Gasteiger partial charge in [0.25, 0.3) is 0 Å². The third kappa shape index (κ3) is 6.04. The number of hydrogen-bond donors (Lipinski definition) is 0. The Balaban J connectivity index is 1.33. The Morgan fingerprint density at radius 3 is 2.71 bits per heavy atom. The molecule has 8 heteroatoms. The van der Waals surface area contributed by atoms with Gasteiger partial charge < -0.3 is 14.5 Å². The lowest BCUT2D eigenvalue weighted by atomic mass is 9.80. The predicted molar refractivity (Wildman–Crippen MR) is 118 cm³/mol. The minimum atomic E-state index is 0.179. The highest BCUT2D eigenvalue weighted by Crippen LogP contribution is 2.34. The maximum Gasteiger partial charge on any atom is 0.225 e. The molecule has 0 bridgehead atoms. The van der Waals surface area contributed by atoms with Crippen LogP contribution in [0.2, 0.25) is 0 Å². The molecule has 0 N–H and O–H groups in total. The molecule has 0 aromatic carbocycles. The monoisotopic (exact) mass is 432 g/mol. The number of rotatable bonds is 9. The number of aromatic nitrogens is 4. The summed E-state index contributed by atoms with van der Waals surface area (Å²) in [6, 6.07) is 0.687. The molecule has 4 rings (SSSR count). The van der Waals surface area contributed by atoms with E-state index in [2.05, 4.69) is 25.3 Å². The molecular formula is C23H40N6O2. The minimum absolute atomic E-state index is 0.179. The van der Waals surface area contributed by atoms with Gasteiger partial charge in [-0.05, 0) is 93.1 Å². The van der Waals surface area contributed by atoms with Crippen molar-refractivity contribution in [1.29, 1.82) is 0 Å². The molecule has 0 unspecified atom stereocenters. The van der Waals surface area contributed by atoms with Gasteiger partial charge in [0.2, 0.25) is 5.91 Å². The van der Waals surface area contributed by atoms with Gasteiger partial charge in [0, 0.05) is 45.3 Å². The van der Waals surface area contributed by atoms with Gasteiger partial charge in [-0.25, -0.2) is 4.68 Å². The van der Waals surface area contributed by atoms with Crippen molar-refractivity contribution >= 4 is 5.91 Å². The van der Waals surface area contributed by atoms with Crippen LogP contribution in [0.5, 0.6) is 0 Å². The molecule has 1 saturated carbocycles. The van der Waals surface area contributed by atoms with Crippen LogP contribution in [-0.4, -0.2) is 81.9 Å². The van der Waals surface area contributed by atoms with E-state index in [0.717, 1.165) is 58.3 Å². The van der Waals surface area contributed by atoms with E-state index in [0.29, 0.717) is 23.8 Å². The highest BCUT2D eigenvalue weighted by atomic mass is 16.5. The van der Waals surface area contributed by atoms with E-state index in [4.69, 9.17) is 4.74 Å². The van der Waals surface area contributed by atoms with Crippen LogP contribution in [0, 0.1) is 17.8 Å². The van der Waals surface area contributed by atoms with E-state index < -0.39 is 0 Å². The van der Waals surface area contributed by atoms with Crippen LogP contribution in [0.25, 0.3) is 0 Å². The number of ether oxygens (including phenoxy) is 1. The number of tetrazole rings is 1. The lowest BCUT2D eigenvalue weighted by molar-refractivity contribution is -0.138. The van der Waals surface area contributed by atoms with Crippen LogP contribution < -0.4 is 0 Å². The van der Waals surface area contributed by atoms with Gasteiger partial charge in [0.15, 0.2) is 0 Å². The second-order valence-corrected chi connectivity index (χ2v) is 9.88. The molecule has 1 aromatic heterocycles. The van der Waals surface area contributed by atoms with Gasteiger partial charge in [-0.2, -0.15) is 0 Å². The number of carbonyl (C=O) groups excluding carboxylic acids is 1. The van der Waals surface area contributed by atoms with Gasteiger partial charge in [-0.15, -0.1) is 5.10 Å². The number of hydrogen-bond acceptors (Lipinski definition) is 6. The van der Waals surface area contributed by atoms with Crippen LogP contribution in [0.4, 0.5) is 0 Å². The minimum Gasteiger partial charge on any atom is -0.385 e. The Morgan fingerprint density at radius 2 is 1.94 bits per heavy atom. The molecule has 2 atom stereocenters. The molecule has 1 aliphatic carbocycles. The second-order valence-electron chi connectivity index (χ2n) is 9.88. The SMILES string of the molecule is COCCCN(C[C@@H]1CCCN2CCCC[C@H]12)C(=O)C1CCC(Cn2cnnn2)CC1. The molecule has 2 aliphatic heterocycles. The van der Waals surface area contributed by atoms with Gasteiger partial charge in [0.05, 0.1) is 0 Å². The summed E-state index contributed by atoms with van der Waals surface area (Å²) in [7, 11) is 1.75. The second kappa shape index (κ2) is 11.4. The third-order valence-corrected chi connectivity index (χ3v) is 7.80. The Hall–Kier alpha value is -1.54. The smallest absolute Gasteiger partial charge is 0.225 e. The summed E-state index contributed by atoms with van der Waals surface area (Å²) in [5.74, 6) is 1.78. The Kier molecular flexibility index (Phi) is 8.30. The zero-order chi connectivity index (χ0) is 21.5. The summed E-state index contributed by atoms with van der Waals surface area (Å²) in [6.45, 7) is 5.87. The largest absolute Gasteiger partial charge is 0.385 e. The standard InChI is InChI=1S/C23H40N6O2/c1-31-15-5-14-28(17-21-6-4-13-27-12-3-2-7-22(21)27)23(30)20-10-8-19(9-11-20)16-29-18-24-25-26-29/h18-22H,2-17H2,1H3/t19?,20?,21-,22+/m0/s1. The van der Waals surface area contributed by atoms with E-state index in [1.54, 1.807) is 13.4 Å². The topological polar surface area (TPSA) is 76.4 Å². The van der Waals surface area contributed by atoms with Crippen molar-refractivity contribution in [2.75, 3.05) is 39.9 Å². The summed E-state index contributed by atoms with van der Waals surface area (Å²) >= 11 is 0. The van der Waals surface area contributed by atoms with E-state index in [-0.39, 0.29) is 5.92 Å². The van der Waals surface area contributed by atoms with Crippen molar-refractivity contribution < 1.29 is 9.53 Å². The maximum absolute atomic E-state index is 13.6. The van der Waals surface area contributed by atoms with Crippen LogP contribution in [0.3, 0.4) is 0 Å². The molecule has 1 amide bonds. The van der Waals surface area contributed by atoms with Crippen molar-refractivity contribution in [3.8, 4) is 0 Å². The molecule has 1 aromatic rings. The average Bonchev–Trinajstić information content (AvgIpc) is 3.32. The number of nitrogens with zero attached hydrogens (tertiary/aromatic N) is 6. The first-order valence-electron chi connectivity index (χ1n) is 12.5. The van der Waals surface area contributed by atoms with Crippen LogP contribution in [-0.2, 0) is 16.1 Å². The lowest BCUT2D eigenvalue weighted by Crippen LogP contribution is -2.52. The van der Waals surface area contributed by atoms with Crippen molar-refractivity contribution in [2.45, 2.75) is 76.8 Å². The van der Waals surface area contributed by atoms with Gasteiger partial charge in [-0.3, -0.25) is 4.79 Å². The lowest BCUT2D eigenvalue weighted by Gasteiger charge is -2.46. The van der Waals surface area contributed by atoms with Gasteiger partial charge in [0.1, 0.15) is 6.33 Å². The summed E-state index contributed by atoms with van der Waals surface area (Å²) < 4.78 is 7.11. The molecule has 174 valence electrons. The molecule has 3 aliphatic rings. The highest BCUT2D eigenvalue weighted by molar-refractivity contribution is 5.79. The molecule has 3 heterocycles. The molecule has 8 nitrogen and oxygen atoms in total. The number of amides is 1. The van der Waals surface area contributed by atoms with Crippen molar-refractivity contribution in [2.24, 2.45) is 17.8 Å². The quantitative estimate of drug-likeness (QED) is 0.558. The number of fused-ring (bicyclic) bond motifs is 1. The van der Waals surface area contributed by atoms with Crippen LogP contribution in [0.15, 0.2) is 6.33 Å². The Bertz CT molecular complexity index is 659. The fraction of sp³-hybridized carbons (Fsp3) is 0.913. The zero-order valence-electron chi connectivity index (χ0n) is 19.2. The van der Waals surface area contributed by atoms with E-state index >= 15 is 0 Å². The fourth-order valence-electron chi connectivity index (χ4n) is 6.14. The molecular weight excluding hydrogens is 392 g/mol. The van der Waals surface area contributed by atoms with E-state index in [1.165, 1.54) is 45.2 Å². The van der Waals surface area contributed by atoms with Crippen LogP contribution >= 0.6 is 0 Å². The van der Waals surface area contributed by atoms with Gasteiger partial charge in [-0.1, -0.05) is 6.42 Å². The normalized spacial score (nSPS) is 29.5. The summed E-state index contributed by atoms with van der Waals surface area (Å²) in [5, 5.41) is 11.5. The maximum atomic E-state index is 13.6. The molecule has 3 fully saturated rings. The first kappa shape index (κ1) is 22.6. The number of carbonyl (C=O) groups is 1. The first-order valence-corrected chi connectivity index (χ1v) is 12.5. The molecule has 0 spiro atoms. The Labute approximate surface area is 186 Å². The van der Waals surface area contributed by atoms with Crippen molar-refractivity contribution in [1.82, 2.24) is 30.0 Å². The average molecular weight is 433 g/mol. The summed E-state index contributed by atoms with van der Waals surface area (Å²) in [6.07, 6.45) is 13.3. The third-order valence-electron chi connectivity index (χ3n) is 7.80. The highest BCUT2D eigenvalue weighted by Gasteiger charge is 2.36. The van der Waals surface area contributed by atoms with Gasteiger partial charge >= 0.3 is 0 Å². The molecule has 2 saturated heterocycles. The predicted octanol–water partition coefficient (Wildman–Crippen LogP) is 2.61.